The van der Waals surface area contributed by atoms with Gasteiger partial charge in [0.2, 0.25) is 0 Å². The van der Waals surface area contributed by atoms with E-state index in [-0.39, 0.29) is 16.9 Å². The van der Waals surface area contributed by atoms with Gasteiger partial charge in [0.25, 0.3) is 0 Å². The Balaban J connectivity index is 2.60. The molecule has 0 aromatic heterocycles. The van der Waals surface area contributed by atoms with Crippen molar-refractivity contribution in [2.75, 3.05) is 12.3 Å². The maximum absolute atomic E-state index is 11.8. The maximum atomic E-state index is 11.8. The Labute approximate surface area is 124 Å². The van der Waals surface area contributed by atoms with Crippen molar-refractivity contribution < 1.29 is 8.42 Å². The molecule has 0 bridgehead atoms. The van der Waals surface area contributed by atoms with E-state index >= 15 is 0 Å². The van der Waals surface area contributed by atoms with Crippen LogP contribution in [-0.2, 0) is 16.3 Å². The SMILES string of the molecule is CC(C)S(=O)(=O)CCC(CN)Cc1cccc(Br)c1. The van der Waals surface area contributed by atoms with E-state index in [1.54, 1.807) is 13.8 Å². The topological polar surface area (TPSA) is 60.2 Å². The number of rotatable bonds is 7. The van der Waals surface area contributed by atoms with E-state index in [2.05, 4.69) is 22.0 Å². The summed E-state index contributed by atoms with van der Waals surface area (Å²) in [6.45, 7) is 3.96. The van der Waals surface area contributed by atoms with Gasteiger partial charge in [0, 0.05) is 4.47 Å². The first-order chi connectivity index (χ1) is 8.85. The lowest BCUT2D eigenvalue weighted by Crippen LogP contribution is -2.24. The molecule has 0 saturated carbocycles. The molecule has 1 atom stereocenters. The molecular weight excluding hydrogens is 326 g/mol. The van der Waals surface area contributed by atoms with Gasteiger partial charge in [0.05, 0.1) is 11.0 Å². The van der Waals surface area contributed by atoms with E-state index < -0.39 is 9.84 Å². The van der Waals surface area contributed by atoms with Crippen LogP contribution in [0.3, 0.4) is 0 Å². The van der Waals surface area contributed by atoms with E-state index in [0.29, 0.717) is 13.0 Å². The number of nitrogens with two attached hydrogens (primary N) is 1. The van der Waals surface area contributed by atoms with Crippen molar-refractivity contribution in [3.8, 4) is 0 Å². The van der Waals surface area contributed by atoms with E-state index in [1.165, 1.54) is 5.56 Å². The van der Waals surface area contributed by atoms with Crippen LogP contribution in [0.5, 0.6) is 0 Å². The molecule has 3 nitrogen and oxygen atoms in total. The zero-order valence-corrected chi connectivity index (χ0v) is 13.9. The fourth-order valence-electron chi connectivity index (χ4n) is 1.87. The minimum absolute atomic E-state index is 0.211. The summed E-state index contributed by atoms with van der Waals surface area (Å²) in [7, 11) is -2.97. The summed E-state index contributed by atoms with van der Waals surface area (Å²) in [5.41, 5.74) is 6.94. The molecule has 1 aromatic rings. The smallest absolute Gasteiger partial charge is 0.152 e. The van der Waals surface area contributed by atoms with Crippen LogP contribution in [0.15, 0.2) is 28.7 Å². The van der Waals surface area contributed by atoms with Gasteiger partial charge in [-0.25, -0.2) is 8.42 Å². The summed E-state index contributed by atoms with van der Waals surface area (Å²) in [6.07, 6.45) is 1.45. The van der Waals surface area contributed by atoms with Crippen LogP contribution in [0.4, 0.5) is 0 Å². The second-order valence-electron chi connectivity index (χ2n) is 5.14. The number of halogens is 1. The summed E-state index contributed by atoms with van der Waals surface area (Å²) in [4.78, 5) is 0. The predicted molar refractivity (Wildman–Crippen MR) is 83.9 cm³/mol. The minimum atomic E-state index is -2.97. The number of hydrogen-bond acceptors (Lipinski definition) is 3. The standard InChI is InChI=1S/C14H22BrNO2S/c1-11(2)19(17,18)7-6-13(10-16)8-12-4-3-5-14(15)9-12/h3-5,9,11,13H,6-8,10,16H2,1-2H3. The number of sulfone groups is 1. The minimum Gasteiger partial charge on any atom is -0.330 e. The fraction of sp³-hybridized carbons (Fsp3) is 0.571. The first kappa shape index (κ1) is 16.7. The largest absolute Gasteiger partial charge is 0.330 e. The third kappa shape index (κ3) is 5.63. The molecule has 19 heavy (non-hydrogen) atoms. The van der Waals surface area contributed by atoms with E-state index in [9.17, 15) is 8.42 Å². The molecule has 0 amide bonds. The van der Waals surface area contributed by atoms with Gasteiger partial charge in [-0.05, 0) is 56.8 Å². The van der Waals surface area contributed by atoms with Crippen molar-refractivity contribution in [2.24, 2.45) is 11.7 Å². The van der Waals surface area contributed by atoms with Gasteiger partial charge in [0.1, 0.15) is 0 Å². The third-order valence-corrected chi connectivity index (χ3v) is 6.01. The highest BCUT2D eigenvalue weighted by Gasteiger charge is 2.18. The van der Waals surface area contributed by atoms with Crippen LogP contribution in [0, 0.1) is 5.92 Å². The van der Waals surface area contributed by atoms with Gasteiger partial charge in [0.15, 0.2) is 9.84 Å². The highest BCUT2D eigenvalue weighted by atomic mass is 79.9. The summed E-state index contributed by atoms with van der Waals surface area (Å²) >= 11 is 3.44. The lowest BCUT2D eigenvalue weighted by atomic mass is 9.97. The molecule has 0 aliphatic rings. The number of benzene rings is 1. The highest BCUT2D eigenvalue weighted by Crippen LogP contribution is 2.17. The van der Waals surface area contributed by atoms with Crippen LogP contribution in [0.2, 0.25) is 0 Å². The van der Waals surface area contributed by atoms with Crippen molar-refractivity contribution >= 4 is 25.8 Å². The van der Waals surface area contributed by atoms with Crippen molar-refractivity contribution in [1.29, 1.82) is 0 Å². The molecule has 1 rings (SSSR count). The molecule has 0 spiro atoms. The molecule has 2 N–H and O–H groups in total. The molecule has 1 unspecified atom stereocenters. The summed E-state index contributed by atoms with van der Waals surface area (Å²) < 4.78 is 24.7. The van der Waals surface area contributed by atoms with Crippen LogP contribution >= 0.6 is 15.9 Å². The van der Waals surface area contributed by atoms with Crippen LogP contribution in [0.1, 0.15) is 25.8 Å². The van der Waals surface area contributed by atoms with Crippen LogP contribution in [-0.4, -0.2) is 26.0 Å². The van der Waals surface area contributed by atoms with E-state index in [1.807, 2.05) is 18.2 Å². The second-order valence-corrected chi connectivity index (χ2v) is 8.73. The predicted octanol–water partition coefficient (Wildman–Crippen LogP) is 2.78. The van der Waals surface area contributed by atoms with Crippen molar-refractivity contribution in [3.05, 3.63) is 34.3 Å². The zero-order valence-electron chi connectivity index (χ0n) is 11.5. The van der Waals surface area contributed by atoms with Gasteiger partial charge >= 0.3 is 0 Å². The van der Waals surface area contributed by atoms with Gasteiger partial charge in [-0.1, -0.05) is 28.1 Å². The molecular formula is C14H22BrNO2S. The van der Waals surface area contributed by atoms with Gasteiger partial charge in [-0.3, -0.25) is 0 Å². The third-order valence-electron chi connectivity index (χ3n) is 3.28. The van der Waals surface area contributed by atoms with Crippen molar-refractivity contribution in [3.63, 3.8) is 0 Å². The van der Waals surface area contributed by atoms with Crippen molar-refractivity contribution in [2.45, 2.75) is 31.9 Å². The Hall–Kier alpha value is -0.390. The fourth-order valence-corrected chi connectivity index (χ4v) is 3.45. The summed E-state index contributed by atoms with van der Waals surface area (Å²) in [6, 6.07) is 8.06. The molecule has 0 fully saturated rings. The first-order valence-electron chi connectivity index (χ1n) is 6.51. The molecule has 0 aliphatic heterocycles. The molecule has 5 heteroatoms. The molecule has 0 radical (unpaired) electrons. The monoisotopic (exact) mass is 347 g/mol. The zero-order chi connectivity index (χ0) is 14.5. The highest BCUT2D eigenvalue weighted by molar-refractivity contribution is 9.10. The Bertz CT molecular complexity index is 500. The number of hydrogen-bond donors (Lipinski definition) is 1. The van der Waals surface area contributed by atoms with Gasteiger partial charge < -0.3 is 5.73 Å². The summed E-state index contributed by atoms with van der Waals surface area (Å²) in [5, 5.41) is -0.309. The van der Waals surface area contributed by atoms with Gasteiger partial charge in [-0.2, -0.15) is 0 Å². The average Bonchev–Trinajstić information content (AvgIpc) is 2.34. The van der Waals surface area contributed by atoms with E-state index in [4.69, 9.17) is 5.73 Å². The van der Waals surface area contributed by atoms with Crippen LogP contribution < -0.4 is 5.73 Å². The molecule has 108 valence electrons. The Morgan fingerprint density at radius 2 is 2.00 bits per heavy atom. The normalized spacial score (nSPS) is 13.7. The quantitative estimate of drug-likeness (QED) is 0.824. The Morgan fingerprint density at radius 1 is 1.32 bits per heavy atom. The lowest BCUT2D eigenvalue weighted by Gasteiger charge is -2.16. The molecule has 0 aliphatic carbocycles. The second kappa shape index (κ2) is 7.41. The van der Waals surface area contributed by atoms with Gasteiger partial charge in [-0.15, -0.1) is 0 Å². The molecule has 0 saturated heterocycles. The van der Waals surface area contributed by atoms with Crippen molar-refractivity contribution in [1.82, 2.24) is 0 Å². The van der Waals surface area contributed by atoms with E-state index in [0.717, 1.165) is 10.9 Å². The maximum Gasteiger partial charge on any atom is 0.152 e. The summed E-state index contributed by atoms with van der Waals surface area (Å²) in [5.74, 6) is 0.434. The van der Waals surface area contributed by atoms with Crippen LogP contribution in [0.25, 0.3) is 0 Å². The Kier molecular flexibility index (Phi) is 6.50. The molecule has 1 aromatic carbocycles. The lowest BCUT2D eigenvalue weighted by molar-refractivity contribution is 0.509. The molecule has 0 heterocycles. The average molecular weight is 348 g/mol. The first-order valence-corrected chi connectivity index (χ1v) is 9.02. The Morgan fingerprint density at radius 3 is 2.53 bits per heavy atom.